The van der Waals surface area contributed by atoms with Crippen LogP contribution in [0, 0.1) is 11.8 Å². The molecule has 98 valence electrons. The van der Waals surface area contributed by atoms with E-state index in [9.17, 15) is 4.79 Å². The first-order valence-electron chi connectivity index (χ1n) is 6.99. The smallest absolute Gasteiger partial charge is 0.293 e. The second-order valence-electron chi connectivity index (χ2n) is 6.01. The van der Waals surface area contributed by atoms with Crippen molar-refractivity contribution in [1.29, 1.82) is 0 Å². The average Bonchev–Trinajstić information content (AvgIpc) is 2.93. The first-order chi connectivity index (χ1) is 8.65. The molecule has 4 heteroatoms. The molecule has 0 aromatic carbocycles. The predicted molar refractivity (Wildman–Crippen MR) is 71.7 cm³/mol. The summed E-state index contributed by atoms with van der Waals surface area (Å²) >= 11 is 0. The third-order valence-corrected chi connectivity index (χ3v) is 4.48. The van der Waals surface area contributed by atoms with Crippen LogP contribution in [-0.4, -0.2) is 15.6 Å². The van der Waals surface area contributed by atoms with Gasteiger partial charge in [-0.05, 0) is 44.9 Å². The number of nitrogens with zero attached hydrogens (tertiary/aromatic N) is 2. The van der Waals surface area contributed by atoms with Gasteiger partial charge in [0.25, 0.3) is 5.56 Å². The Balaban J connectivity index is 1.81. The van der Waals surface area contributed by atoms with E-state index in [4.69, 9.17) is 0 Å². The summed E-state index contributed by atoms with van der Waals surface area (Å²) in [6.07, 6.45) is 8.72. The molecule has 3 unspecified atom stereocenters. The van der Waals surface area contributed by atoms with E-state index in [1.54, 1.807) is 17.0 Å². The van der Waals surface area contributed by atoms with Gasteiger partial charge in [0, 0.05) is 24.5 Å². The molecule has 2 bridgehead atoms. The topological polar surface area (TPSA) is 46.9 Å². The highest BCUT2D eigenvalue weighted by Crippen LogP contribution is 2.45. The highest BCUT2D eigenvalue weighted by atomic mass is 16.1. The standard InChI is InChI=1S/C14H21N3O/c1-9(2)17-6-5-15-13(14(17)18)16-12-8-10-3-4-11(12)7-10/h5-6,9-12H,3-4,7-8H2,1-2H3,(H,15,16). The Morgan fingerprint density at radius 3 is 2.83 bits per heavy atom. The average molecular weight is 247 g/mol. The monoisotopic (exact) mass is 247 g/mol. The molecule has 0 amide bonds. The molecule has 1 aromatic heterocycles. The highest BCUT2D eigenvalue weighted by Gasteiger charge is 2.39. The Hall–Kier alpha value is -1.32. The SMILES string of the molecule is CC(C)n1ccnc(NC2CC3CCC2C3)c1=O. The third-order valence-electron chi connectivity index (χ3n) is 4.48. The summed E-state index contributed by atoms with van der Waals surface area (Å²) in [5, 5.41) is 3.39. The summed E-state index contributed by atoms with van der Waals surface area (Å²) in [6, 6.07) is 0.646. The van der Waals surface area contributed by atoms with Crippen molar-refractivity contribution in [3.05, 3.63) is 22.7 Å². The molecular formula is C14H21N3O. The van der Waals surface area contributed by atoms with E-state index in [0.29, 0.717) is 11.9 Å². The fourth-order valence-electron chi connectivity index (χ4n) is 3.53. The van der Waals surface area contributed by atoms with Gasteiger partial charge in [0.2, 0.25) is 0 Å². The Kier molecular flexibility index (Phi) is 2.88. The molecule has 0 aliphatic heterocycles. The van der Waals surface area contributed by atoms with Crippen LogP contribution in [0.1, 0.15) is 45.6 Å². The van der Waals surface area contributed by atoms with Gasteiger partial charge < -0.3 is 9.88 Å². The molecule has 18 heavy (non-hydrogen) atoms. The number of hydrogen-bond donors (Lipinski definition) is 1. The minimum atomic E-state index is 0.00951. The largest absolute Gasteiger partial charge is 0.362 e. The Morgan fingerprint density at radius 2 is 2.22 bits per heavy atom. The fourth-order valence-corrected chi connectivity index (χ4v) is 3.53. The molecule has 2 fully saturated rings. The van der Waals surface area contributed by atoms with Crippen LogP contribution in [0.4, 0.5) is 5.82 Å². The third kappa shape index (κ3) is 1.93. The number of hydrogen-bond acceptors (Lipinski definition) is 3. The van der Waals surface area contributed by atoms with E-state index in [0.717, 1.165) is 11.8 Å². The van der Waals surface area contributed by atoms with Gasteiger partial charge in [0.15, 0.2) is 5.82 Å². The molecule has 3 atom stereocenters. The molecule has 1 heterocycles. The minimum absolute atomic E-state index is 0.00951. The van der Waals surface area contributed by atoms with E-state index >= 15 is 0 Å². The lowest BCUT2D eigenvalue weighted by Gasteiger charge is -2.23. The first kappa shape index (κ1) is 11.8. The van der Waals surface area contributed by atoms with Crippen LogP contribution >= 0.6 is 0 Å². The number of anilines is 1. The Labute approximate surface area is 107 Å². The van der Waals surface area contributed by atoms with Crippen molar-refractivity contribution in [3.8, 4) is 0 Å². The van der Waals surface area contributed by atoms with Crippen LogP contribution in [0.3, 0.4) is 0 Å². The van der Waals surface area contributed by atoms with Gasteiger partial charge in [-0.15, -0.1) is 0 Å². The molecule has 0 saturated heterocycles. The van der Waals surface area contributed by atoms with Crippen molar-refractivity contribution in [2.75, 3.05) is 5.32 Å². The van der Waals surface area contributed by atoms with Gasteiger partial charge in [-0.25, -0.2) is 4.98 Å². The van der Waals surface area contributed by atoms with E-state index in [1.165, 1.54) is 25.7 Å². The second-order valence-corrected chi connectivity index (χ2v) is 6.01. The minimum Gasteiger partial charge on any atom is -0.362 e. The molecule has 4 nitrogen and oxygen atoms in total. The van der Waals surface area contributed by atoms with Crippen molar-refractivity contribution in [3.63, 3.8) is 0 Å². The maximum atomic E-state index is 12.2. The molecule has 1 aromatic rings. The Bertz CT molecular complexity index is 494. The molecule has 0 radical (unpaired) electrons. The summed E-state index contributed by atoms with van der Waals surface area (Å²) in [5.41, 5.74) is 0.00951. The summed E-state index contributed by atoms with van der Waals surface area (Å²) in [6.45, 7) is 4.03. The zero-order valence-corrected chi connectivity index (χ0v) is 11.1. The van der Waals surface area contributed by atoms with Gasteiger partial charge in [0.05, 0.1) is 0 Å². The van der Waals surface area contributed by atoms with Crippen molar-refractivity contribution in [2.24, 2.45) is 11.8 Å². The Morgan fingerprint density at radius 1 is 1.39 bits per heavy atom. The van der Waals surface area contributed by atoms with Crippen LogP contribution in [-0.2, 0) is 0 Å². The van der Waals surface area contributed by atoms with Gasteiger partial charge in [-0.2, -0.15) is 0 Å². The highest BCUT2D eigenvalue weighted by molar-refractivity contribution is 5.33. The number of rotatable bonds is 3. The van der Waals surface area contributed by atoms with E-state index in [1.807, 2.05) is 13.8 Å². The van der Waals surface area contributed by atoms with Gasteiger partial charge in [-0.1, -0.05) is 6.42 Å². The number of nitrogens with one attached hydrogen (secondary N) is 1. The fraction of sp³-hybridized carbons (Fsp3) is 0.714. The van der Waals surface area contributed by atoms with E-state index in [-0.39, 0.29) is 11.6 Å². The normalized spacial score (nSPS) is 30.1. The van der Waals surface area contributed by atoms with Crippen LogP contribution in [0.2, 0.25) is 0 Å². The first-order valence-corrected chi connectivity index (χ1v) is 6.99. The van der Waals surface area contributed by atoms with Gasteiger partial charge >= 0.3 is 0 Å². The van der Waals surface area contributed by atoms with Gasteiger partial charge in [-0.3, -0.25) is 4.79 Å². The number of aromatic nitrogens is 2. The van der Waals surface area contributed by atoms with Crippen LogP contribution in [0.15, 0.2) is 17.2 Å². The molecule has 0 spiro atoms. The van der Waals surface area contributed by atoms with Crippen molar-refractivity contribution >= 4 is 5.82 Å². The van der Waals surface area contributed by atoms with Crippen molar-refractivity contribution in [1.82, 2.24) is 9.55 Å². The molecule has 3 rings (SSSR count). The van der Waals surface area contributed by atoms with Crippen LogP contribution < -0.4 is 10.9 Å². The van der Waals surface area contributed by atoms with Crippen molar-refractivity contribution < 1.29 is 0 Å². The lowest BCUT2D eigenvalue weighted by atomic mass is 9.95. The lowest BCUT2D eigenvalue weighted by molar-refractivity contribution is 0.437. The number of fused-ring (bicyclic) bond motifs is 2. The van der Waals surface area contributed by atoms with Gasteiger partial charge in [0.1, 0.15) is 0 Å². The summed E-state index contributed by atoms with van der Waals surface area (Å²) < 4.78 is 1.74. The molecule has 1 N–H and O–H groups in total. The zero-order valence-electron chi connectivity index (χ0n) is 11.1. The maximum absolute atomic E-state index is 12.2. The second kappa shape index (κ2) is 4.41. The molecular weight excluding hydrogens is 226 g/mol. The summed E-state index contributed by atoms with van der Waals surface area (Å²) in [4.78, 5) is 16.5. The maximum Gasteiger partial charge on any atom is 0.293 e. The van der Waals surface area contributed by atoms with E-state index in [2.05, 4.69) is 10.3 Å². The predicted octanol–water partition coefficient (Wildman–Crippen LogP) is 2.42. The summed E-state index contributed by atoms with van der Waals surface area (Å²) in [7, 11) is 0. The van der Waals surface area contributed by atoms with Crippen molar-refractivity contribution in [2.45, 2.75) is 51.6 Å². The summed E-state index contributed by atoms with van der Waals surface area (Å²) in [5.74, 6) is 2.16. The zero-order chi connectivity index (χ0) is 12.7. The molecule has 2 saturated carbocycles. The van der Waals surface area contributed by atoms with Crippen LogP contribution in [0.25, 0.3) is 0 Å². The lowest BCUT2D eigenvalue weighted by Crippen LogP contribution is -2.32. The molecule has 2 aliphatic carbocycles. The molecule has 2 aliphatic rings. The van der Waals surface area contributed by atoms with Crippen LogP contribution in [0.5, 0.6) is 0 Å². The van der Waals surface area contributed by atoms with E-state index < -0.39 is 0 Å². The quantitative estimate of drug-likeness (QED) is 0.892.